The van der Waals surface area contributed by atoms with E-state index in [0.717, 1.165) is 11.3 Å². The van der Waals surface area contributed by atoms with Crippen molar-refractivity contribution in [1.82, 2.24) is 0 Å². The van der Waals surface area contributed by atoms with Gasteiger partial charge in [-0.3, -0.25) is 0 Å². The molecule has 15 heavy (non-hydrogen) atoms. The fourth-order valence-corrected chi connectivity index (χ4v) is 1.40. The fraction of sp³-hybridized carbons (Fsp3) is 0.500. The number of benzene rings is 1. The molecule has 3 N–H and O–H groups in total. The van der Waals surface area contributed by atoms with Crippen molar-refractivity contribution >= 4 is 0 Å². The third-order valence-corrected chi connectivity index (χ3v) is 2.64. The highest BCUT2D eigenvalue weighted by atomic mass is 16.5. The van der Waals surface area contributed by atoms with E-state index in [2.05, 4.69) is 0 Å². The standard InChI is InChI=1S/C12H19NO2/c1-3-15-11-6-4-5-10(7-11)12(2,8-13)9-14/h4-7,14H,3,8-9,13H2,1-2H3. The molecule has 0 amide bonds. The first-order valence-electron chi connectivity index (χ1n) is 5.20. The molecule has 0 bridgehead atoms. The Labute approximate surface area is 90.9 Å². The van der Waals surface area contributed by atoms with Gasteiger partial charge in [-0.05, 0) is 24.6 Å². The predicted octanol–water partition coefficient (Wildman–Crippen LogP) is 1.29. The summed E-state index contributed by atoms with van der Waals surface area (Å²) in [5.41, 5.74) is 6.30. The first-order valence-corrected chi connectivity index (χ1v) is 5.20. The van der Waals surface area contributed by atoms with Crippen molar-refractivity contribution in [2.75, 3.05) is 19.8 Å². The molecule has 1 atom stereocenters. The maximum atomic E-state index is 9.34. The predicted molar refractivity (Wildman–Crippen MR) is 61.1 cm³/mol. The molecule has 0 aliphatic carbocycles. The van der Waals surface area contributed by atoms with Gasteiger partial charge in [-0.2, -0.15) is 0 Å². The lowest BCUT2D eigenvalue weighted by Crippen LogP contribution is -2.35. The molecule has 0 fully saturated rings. The number of hydrogen-bond donors (Lipinski definition) is 2. The third-order valence-electron chi connectivity index (χ3n) is 2.64. The molecule has 84 valence electrons. The van der Waals surface area contributed by atoms with Crippen LogP contribution in [0.3, 0.4) is 0 Å². The Morgan fingerprint density at radius 2 is 2.20 bits per heavy atom. The van der Waals surface area contributed by atoms with Crippen LogP contribution in [0.4, 0.5) is 0 Å². The van der Waals surface area contributed by atoms with E-state index in [9.17, 15) is 5.11 Å². The summed E-state index contributed by atoms with van der Waals surface area (Å²) in [6, 6.07) is 7.73. The average Bonchev–Trinajstić information content (AvgIpc) is 2.29. The zero-order valence-electron chi connectivity index (χ0n) is 9.36. The second-order valence-corrected chi connectivity index (χ2v) is 3.88. The minimum absolute atomic E-state index is 0.0408. The van der Waals surface area contributed by atoms with E-state index in [-0.39, 0.29) is 12.0 Å². The summed E-state index contributed by atoms with van der Waals surface area (Å²) >= 11 is 0. The highest BCUT2D eigenvalue weighted by Crippen LogP contribution is 2.25. The number of hydrogen-bond acceptors (Lipinski definition) is 3. The molecule has 0 heterocycles. The second kappa shape index (κ2) is 5.14. The minimum atomic E-state index is -0.382. The number of nitrogens with two attached hydrogens (primary N) is 1. The van der Waals surface area contributed by atoms with Crippen LogP contribution in [-0.2, 0) is 5.41 Å². The van der Waals surface area contributed by atoms with Gasteiger partial charge in [-0.15, -0.1) is 0 Å². The maximum Gasteiger partial charge on any atom is 0.119 e. The van der Waals surface area contributed by atoms with Crippen LogP contribution in [0.15, 0.2) is 24.3 Å². The van der Waals surface area contributed by atoms with Crippen molar-refractivity contribution in [3.63, 3.8) is 0 Å². The van der Waals surface area contributed by atoms with Crippen molar-refractivity contribution in [3.05, 3.63) is 29.8 Å². The Hall–Kier alpha value is -1.06. The summed E-state index contributed by atoms with van der Waals surface area (Å²) in [7, 11) is 0. The Balaban J connectivity index is 2.98. The van der Waals surface area contributed by atoms with Crippen molar-refractivity contribution in [2.24, 2.45) is 5.73 Å². The van der Waals surface area contributed by atoms with Crippen LogP contribution in [0, 0.1) is 0 Å². The van der Waals surface area contributed by atoms with Crippen molar-refractivity contribution < 1.29 is 9.84 Å². The van der Waals surface area contributed by atoms with E-state index in [4.69, 9.17) is 10.5 Å². The van der Waals surface area contributed by atoms with Crippen LogP contribution < -0.4 is 10.5 Å². The maximum absolute atomic E-state index is 9.34. The van der Waals surface area contributed by atoms with Crippen molar-refractivity contribution in [2.45, 2.75) is 19.3 Å². The molecule has 0 spiro atoms. The molecular weight excluding hydrogens is 190 g/mol. The van der Waals surface area contributed by atoms with E-state index < -0.39 is 0 Å². The van der Waals surface area contributed by atoms with Crippen LogP contribution in [0.5, 0.6) is 5.75 Å². The molecule has 0 radical (unpaired) electrons. The zero-order valence-corrected chi connectivity index (χ0v) is 9.36. The van der Waals surface area contributed by atoms with Gasteiger partial charge in [-0.1, -0.05) is 19.1 Å². The number of aliphatic hydroxyl groups excluding tert-OH is 1. The van der Waals surface area contributed by atoms with Crippen molar-refractivity contribution in [1.29, 1.82) is 0 Å². The summed E-state index contributed by atoms with van der Waals surface area (Å²) in [5.74, 6) is 0.822. The quantitative estimate of drug-likeness (QED) is 0.768. The topological polar surface area (TPSA) is 55.5 Å². The summed E-state index contributed by atoms with van der Waals surface area (Å²) in [4.78, 5) is 0. The first kappa shape index (κ1) is 12.0. The molecule has 3 nitrogen and oxygen atoms in total. The minimum Gasteiger partial charge on any atom is -0.494 e. The van der Waals surface area contributed by atoms with Crippen LogP contribution in [0.2, 0.25) is 0 Å². The van der Waals surface area contributed by atoms with Crippen LogP contribution >= 0.6 is 0 Å². The van der Waals surface area contributed by atoms with Crippen LogP contribution in [-0.4, -0.2) is 24.9 Å². The largest absolute Gasteiger partial charge is 0.494 e. The fourth-order valence-electron chi connectivity index (χ4n) is 1.40. The van der Waals surface area contributed by atoms with E-state index in [1.54, 1.807) is 0 Å². The molecule has 0 saturated heterocycles. The van der Waals surface area contributed by atoms with E-state index in [1.807, 2.05) is 38.1 Å². The average molecular weight is 209 g/mol. The summed E-state index contributed by atoms with van der Waals surface area (Å²) in [6.45, 7) is 4.99. The van der Waals surface area contributed by atoms with Gasteiger partial charge in [0, 0.05) is 12.0 Å². The smallest absolute Gasteiger partial charge is 0.119 e. The van der Waals surface area contributed by atoms with Gasteiger partial charge in [0.05, 0.1) is 13.2 Å². The SMILES string of the molecule is CCOc1cccc(C(C)(CN)CO)c1. The Morgan fingerprint density at radius 1 is 1.47 bits per heavy atom. The monoisotopic (exact) mass is 209 g/mol. The normalized spacial score (nSPS) is 14.7. The third kappa shape index (κ3) is 2.70. The number of rotatable bonds is 5. The highest BCUT2D eigenvalue weighted by molar-refractivity contribution is 5.34. The van der Waals surface area contributed by atoms with Gasteiger partial charge >= 0.3 is 0 Å². The lowest BCUT2D eigenvalue weighted by molar-refractivity contribution is 0.210. The second-order valence-electron chi connectivity index (χ2n) is 3.88. The Morgan fingerprint density at radius 3 is 2.73 bits per heavy atom. The summed E-state index contributed by atoms with van der Waals surface area (Å²) in [6.07, 6.45) is 0. The molecule has 1 aromatic rings. The molecule has 3 heteroatoms. The van der Waals surface area contributed by atoms with Crippen molar-refractivity contribution in [3.8, 4) is 5.75 Å². The van der Waals surface area contributed by atoms with Crippen LogP contribution in [0.1, 0.15) is 19.4 Å². The lowest BCUT2D eigenvalue weighted by atomic mass is 9.83. The highest BCUT2D eigenvalue weighted by Gasteiger charge is 2.24. The first-order chi connectivity index (χ1) is 7.16. The Bertz CT molecular complexity index is 308. The Kier molecular flexibility index (Phi) is 4.12. The molecule has 0 aliphatic rings. The van der Waals surface area contributed by atoms with E-state index in [1.165, 1.54) is 0 Å². The van der Waals surface area contributed by atoms with Gasteiger partial charge in [-0.25, -0.2) is 0 Å². The molecule has 1 rings (SSSR count). The molecule has 1 unspecified atom stereocenters. The van der Waals surface area contributed by atoms with Gasteiger partial charge in [0.1, 0.15) is 5.75 Å². The van der Waals surface area contributed by atoms with Gasteiger partial charge in [0.25, 0.3) is 0 Å². The van der Waals surface area contributed by atoms with Gasteiger partial charge < -0.3 is 15.6 Å². The van der Waals surface area contributed by atoms with E-state index >= 15 is 0 Å². The van der Waals surface area contributed by atoms with Gasteiger partial charge in [0.2, 0.25) is 0 Å². The van der Waals surface area contributed by atoms with E-state index in [0.29, 0.717) is 13.2 Å². The molecular formula is C12H19NO2. The van der Waals surface area contributed by atoms with Crippen LogP contribution in [0.25, 0.3) is 0 Å². The molecule has 0 saturated carbocycles. The molecule has 0 aromatic heterocycles. The summed E-state index contributed by atoms with van der Waals surface area (Å²) < 4.78 is 5.41. The number of aliphatic hydroxyl groups is 1. The summed E-state index contributed by atoms with van der Waals surface area (Å²) in [5, 5.41) is 9.34. The molecule has 0 aliphatic heterocycles. The zero-order chi connectivity index (χ0) is 11.3. The lowest BCUT2D eigenvalue weighted by Gasteiger charge is -2.26. The van der Waals surface area contributed by atoms with Gasteiger partial charge in [0.15, 0.2) is 0 Å². The number of ether oxygens (including phenoxy) is 1. The molecule has 1 aromatic carbocycles.